The average Bonchev–Trinajstić information content (AvgIpc) is 3.14. The number of benzene rings is 1. The zero-order valence-corrected chi connectivity index (χ0v) is 16.4. The molecule has 0 aliphatic heterocycles. The van der Waals surface area contributed by atoms with Gasteiger partial charge in [0.25, 0.3) is 5.91 Å². The zero-order valence-electron chi connectivity index (χ0n) is 14.0. The number of hydrogen-bond acceptors (Lipinski definition) is 5. The number of nitrogens with zero attached hydrogens (tertiary/aromatic N) is 2. The fraction of sp³-hybridized carbons (Fsp3) is 0.211. The molecule has 2 aromatic heterocycles. The van der Waals surface area contributed by atoms with Gasteiger partial charge in [-0.2, -0.15) is 0 Å². The molecule has 1 amide bonds. The summed E-state index contributed by atoms with van der Waals surface area (Å²) in [6, 6.07) is 11.3. The molecular formula is C19H18BrN3O2S. The highest BCUT2D eigenvalue weighted by molar-refractivity contribution is 9.10. The number of carbonyl (C=O) groups is 1. The molecule has 5 nitrogen and oxygen atoms in total. The summed E-state index contributed by atoms with van der Waals surface area (Å²) in [5, 5.41) is 5.99. The molecule has 1 aromatic carbocycles. The van der Waals surface area contributed by atoms with Crippen LogP contribution in [0.25, 0.3) is 11.3 Å². The Bertz CT molecular complexity index is 838. The van der Waals surface area contributed by atoms with Crippen LogP contribution in [0.15, 0.2) is 58.6 Å². The number of nitrogens with one attached hydrogen (secondary N) is 1. The van der Waals surface area contributed by atoms with E-state index < -0.39 is 0 Å². The third-order valence-electron chi connectivity index (χ3n) is 3.60. The van der Waals surface area contributed by atoms with E-state index in [0.717, 1.165) is 33.6 Å². The van der Waals surface area contributed by atoms with Gasteiger partial charge in [0.15, 0.2) is 6.61 Å². The number of rotatable bonds is 8. The summed E-state index contributed by atoms with van der Waals surface area (Å²) in [6.07, 6.45) is 5.21. The second-order valence-corrected chi connectivity index (χ2v) is 7.42. The van der Waals surface area contributed by atoms with Crippen molar-refractivity contribution in [1.29, 1.82) is 0 Å². The van der Waals surface area contributed by atoms with Crippen LogP contribution in [0.3, 0.4) is 0 Å². The maximum absolute atomic E-state index is 11.8. The number of aryl methyl sites for hydroxylation is 1. The minimum Gasteiger partial charge on any atom is -0.484 e. The van der Waals surface area contributed by atoms with Gasteiger partial charge in [-0.25, -0.2) is 4.98 Å². The van der Waals surface area contributed by atoms with Gasteiger partial charge < -0.3 is 10.1 Å². The van der Waals surface area contributed by atoms with Crippen molar-refractivity contribution < 1.29 is 9.53 Å². The van der Waals surface area contributed by atoms with E-state index >= 15 is 0 Å². The van der Waals surface area contributed by atoms with E-state index in [1.54, 1.807) is 23.7 Å². The molecule has 0 saturated carbocycles. The Kier molecular flexibility index (Phi) is 6.74. The normalized spacial score (nSPS) is 10.5. The predicted octanol–water partition coefficient (Wildman–Crippen LogP) is 4.10. The van der Waals surface area contributed by atoms with Crippen LogP contribution < -0.4 is 10.1 Å². The number of hydrogen-bond donors (Lipinski definition) is 1. The molecule has 3 rings (SSSR count). The molecule has 0 atom stereocenters. The summed E-state index contributed by atoms with van der Waals surface area (Å²) in [5.41, 5.74) is 2.04. The van der Waals surface area contributed by atoms with Gasteiger partial charge in [0.2, 0.25) is 0 Å². The second kappa shape index (κ2) is 9.45. The highest BCUT2D eigenvalue weighted by Gasteiger charge is 2.06. The Morgan fingerprint density at radius 3 is 2.69 bits per heavy atom. The number of thiazole rings is 1. The monoisotopic (exact) mass is 431 g/mol. The van der Waals surface area contributed by atoms with E-state index in [1.807, 2.05) is 36.4 Å². The lowest BCUT2D eigenvalue weighted by Crippen LogP contribution is -2.29. The van der Waals surface area contributed by atoms with Gasteiger partial charge in [-0.3, -0.25) is 9.78 Å². The number of halogens is 1. The summed E-state index contributed by atoms with van der Waals surface area (Å²) in [5.74, 6) is 0.555. The van der Waals surface area contributed by atoms with E-state index in [9.17, 15) is 4.79 Å². The molecule has 7 heteroatoms. The first-order chi connectivity index (χ1) is 12.7. The molecule has 3 aromatic rings. The lowest BCUT2D eigenvalue weighted by molar-refractivity contribution is -0.123. The fourth-order valence-corrected chi connectivity index (χ4v) is 3.39. The topological polar surface area (TPSA) is 64.1 Å². The molecule has 1 N–H and O–H groups in total. The lowest BCUT2D eigenvalue weighted by Gasteiger charge is -2.07. The first-order valence-electron chi connectivity index (χ1n) is 8.20. The fourth-order valence-electron chi connectivity index (χ4n) is 2.28. The quantitative estimate of drug-likeness (QED) is 0.545. The molecule has 0 aliphatic carbocycles. The summed E-state index contributed by atoms with van der Waals surface area (Å²) in [7, 11) is 0. The van der Waals surface area contributed by atoms with Crippen LogP contribution in [0.4, 0.5) is 0 Å². The number of amides is 1. The standard InChI is InChI=1S/C19H18BrN3O2S/c20-15-3-5-16(6-4-15)25-12-18(24)22-9-1-2-19-23-17(13-26-19)14-7-10-21-11-8-14/h3-8,10-11,13H,1-2,9,12H2,(H,22,24). The number of pyridine rings is 1. The van der Waals surface area contributed by atoms with Crippen molar-refractivity contribution >= 4 is 33.2 Å². The van der Waals surface area contributed by atoms with Gasteiger partial charge in [0, 0.05) is 40.8 Å². The Hall–Kier alpha value is -2.25. The molecule has 0 aliphatic rings. The highest BCUT2D eigenvalue weighted by Crippen LogP contribution is 2.21. The van der Waals surface area contributed by atoms with Crippen molar-refractivity contribution in [1.82, 2.24) is 15.3 Å². The third-order valence-corrected chi connectivity index (χ3v) is 5.04. The van der Waals surface area contributed by atoms with Crippen molar-refractivity contribution in [2.75, 3.05) is 13.2 Å². The summed E-state index contributed by atoms with van der Waals surface area (Å²) >= 11 is 5.00. The number of carbonyl (C=O) groups excluding carboxylic acids is 1. The maximum Gasteiger partial charge on any atom is 0.257 e. The van der Waals surface area contributed by atoms with E-state index in [0.29, 0.717) is 12.3 Å². The third kappa shape index (κ3) is 5.64. The van der Waals surface area contributed by atoms with Gasteiger partial charge in [-0.1, -0.05) is 15.9 Å². The van der Waals surface area contributed by atoms with E-state index in [-0.39, 0.29) is 12.5 Å². The largest absolute Gasteiger partial charge is 0.484 e. The maximum atomic E-state index is 11.8. The molecule has 0 radical (unpaired) electrons. The van der Waals surface area contributed by atoms with Crippen LogP contribution in [0.1, 0.15) is 11.4 Å². The Balaban J connectivity index is 1.35. The Morgan fingerprint density at radius 1 is 1.15 bits per heavy atom. The van der Waals surface area contributed by atoms with Crippen LogP contribution in [0, 0.1) is 0 Å². The van der Waals surface area contributed by atoms with Crippen LogP contribution in [-0.2, 0) is 11.2 Å². The SMILES string of the molecule is O=C(COc1ccc(Br)cc1)NCCCc1nc(-c2ccncc2)cs1. The Labute approximate surface area is 164 Å². The van der Waals surface area contributed by atoms with Gasteiger partial charge in [0.1, 0.15) is 5.75 Å². The average molecular weight is 432 g/mol. The second-order valence-electron chi connectivity index (χ2n) is 5.56. The molecule has 0 unspecified atom stereocenters. The van der Waals surface area contributed by atoms with Crippen molar-refractivity contribution in [3.63, 3.8) is 0 Å². The van der Waals surface area contributed by atoms with E-state index in [4.69, 9.17) is 4.74 Å². The zero-order chi connectivity index (χ0) is 18.2. The molecule has 0 bridgehead atoms. The van der Waals surface area contributed by atoms with Crippen molar-refractivity contribution in [2.24, 2.45) is 0 Å². The molecular weight excluding hydrogens is 414 g/mol. The van der Waals surface area contributed by atoms with Crippen molar-refractivity contribution in [3.05, 3.63) is 63.7 Å². The summed E-state index contributed by atoms with van der Waals surface area (Å²) in [4.78, 5) is 20.5. The number of aromatic nitrogens is 2. The Morgan fingerprint density at radius 2 is 1.92 bits per heavy atom. The predicted molar refractivity (Wildman–Crippen MR) is 106 cm³/mol. The van der Waals surface area contributed by atoms with E-state index in [2.05, 4.69) is 36.6 Å². The number of ether oxygens (including phenoxy) is 1. The van der Waals surface area contributed by atoms with Gasteiger partial charge in [-0.15, -0.1) is 11.3 Å². The van der Waals surface area contributed by atoms with Crippen molar-refractivity contribution in [3.8, 4) is 17.0 Å². The summed E-state index contributed by atoms with van der Waals surface area (Å²) in [6.45, 7) is 0.623. The first-order valence-corrected chi connectivity index (χ1v) is 9.88. The molecule has 26 heavy (non-hydrogen) atoms. The molecule has 0 fully saturated rings. The first kappa shape index (κ1) is 18.5. The van der Waals surface area contributed by atoms with E-state index in [1.165, 1.54) is 0 Å². The lowest BCUT2D eigenvalue weighted by atomic mass is 10.2. The van der Waals surface area contributed by atoms with Crippen molar-refractivity contribution in [2.45, 2.75) is 12.8 Å². The molecule has 134 valence electrons. The van der Waals surface area contributed by atoms with Gasteiger partial charge in [-0.05, 0) is 42.8 Å². The minimum absolute atomic E-state index is 0.0189. The smallest absolute Gasteiger partial charge is 0.257 e. The minimum atomic E-state index is -0.121. The van der Waals surface area contributed by atoms with Gasteiger partial charge in [0.05, 0.1) is 10.7 Å². The molecule has 2 heterocycles. The molecule has 0 spiro atoms. The highest BCUT2D eigenvalue weighted by atomic mass is 79.9. The molecule has 0 saturated heterocycles. The van der Waals surface area contributed by atoms with Crippen LogP contribution in [0.2, 0.25) is 0 Å². The van der Waals surface area contributed by atoms with Crippen LogP contribution in [0.5, 0.6) is 5.75 Å². The summed E-state index contributed by atoms with van der Waals surface area (Å²) < 4.78 is 6.42. The van der Waals surface area contributed by atoms with Gasteiger partial charge >= 0.3 is 0 Å². The van der Waals surface area contributed by atoms with Crippen LogP contribution in [-0.4, -0.2) is 29.0 Å². The van der Waals surface area contributed by atoms with Crippen LogP contribution >= 0.6 is 27.3 Å².